The van der Waals surface area contributed by atoms with E-state index in [2.05, 4.69) is 11.2 Å². The highest BCUT2D eigenvalue weighted by atomic mass is 32.1. The molecule has 1 aromatic heterocycles. The molecule has 0 spiro atoms. The Kier molecular flexibility index (Phi) is 2.02. The Morgan fingerprint density at radius 2 is 2.15 bits per heavy atom. The van der Waals surface area contributed by atoms with E-state index in [1.807, 2.05) is 23.6 Å². The van der Waals surface area contributed by atoms with Crippen molar-refractivity contribution in [3.8, 4) is 0 Å². The highest BCUT2D eigenvalue weighted by molar-refractivity contribution is 7.17. The van der Waals surface area contributed by atoms with Crippen LogP contribution in [0.1, 0.15) is 12.5 Å². The second-order valence-electron chi connectivity index (χ2n) is 2.83. The number of rotatable bonds is 1. The molecule has 1 aromatic carbocycles. The molecule has 0 saturated carbocycles. The van der Waals surface area contributed by atoms with Gasteiger partial charge >= 0.3 is 0 Å². The molecule has 3 heteroatoms. The van der Waals surface area contributed by atoms with Crippen molar-refractivity contribution in [3.63, 3.8) is 0 Å². The van der Waals surface area contributed by atoms with Gasteiger partial charge in [0.2, 0.25) is 0 Å². The summed E-state index contributed by atoms with van der Waals surface area (Å²) in [5, 5.41) is 15.0. The van der Waals surface area contributed by atoms with Gasteiger partial charge in [-0.2, -0.15) is 0 Å². The van der Waals surface area contributed by atoms with Crippen molar-refractivity contribution in [2.45, 2.75) is 6.92 Å². The minimum absolute atomic E-state index is 0.664. The summed E-state index contributed by atoms with van der Waals surface area (Å²) in [7, 11) is 0. The highest BCUT2D eigenvalue weighted by Gasteiger charge is 2.05. The third-order valence-electron chi connectivity index (χ3n) is 2.02. The number of hydrogen-bond donors (Lipinski definition) is 1. The second-order valence-corrected chi connectivity index (χ2v) is 3.74. The molecule has 13 heavy (non-hydrogen) atoms. The van der Waals surface area contributed by atoms with Gasteiger partial charge in [0.25, 0.3) is 0 Å². The molecule has 0 unspecified atom stereocenters. The normalized spacial score (nSPS) is 12.2. The van der Waals surface area contributed by atoms with Gasteiger partial charge in [-0.1, -0.05) is 23.4 Å². The lowest BCUT2D eigenvalue weighted by molar-refractivity contribution is 0.319. The summed E-state index contributed by atoms with van der Waals surface area (Å²) in [6, 6.07) is 8.10. The standard InChI is InChI=1S/C10H9NOS/c1-7(11-12)9-6-13-10-5-3-2-4-8(9)10/h2-6,12H,1H3. The molecule has 0 amide bonds. The van der Waals surface area contributed by atoms with E-state index in [0.717, 1.165) is 10.9 Å². The second kappa shape index (κ2) is 3.18. The van der Waals surface area contributed by atoms with Crippen molar-refractivity contribution >= 4 is 27.1 Å². The lowest BCUT2D eigenvalue weighted by Gasteiger charge is -1.94. The first-order valence-corrected chi connectivity index (χ1v) is 4.86. The van der Waals surface area contributed by atoms with Gasteiger partial charge in [0.05, 0.1) is 5.71 Å². The van der Waals surface area contributed by atoms with Gasteiger partial charge in [-0.15, -0.1) is 11.3 Å². The average Bonchev–Trinajstić information content (AvgIpc) is 2.60. The van der Waals surface area contributed by atoms with Gasteiger partial charge in [-0.05, 0) is 13.0 Å². The van der Waals surface area contributed by atoms with Gasteiger partial charge in [0.1, 0.15) is 0 Å². The third-order valence-corrected chi connectivity index (χ3v) is 2.98. The van der Waals surface area contributed by atoms with Crippen LogP contribution in [-0.4, -0.2) is 10.9 Å². The van der Waals surface area contributed by atoms with E-state index in [4.69, 9.17) is 5.21 Å². The van der Waals surface area contributed by atoms with Gasteiger partial charge in [0, 0.05) is 21.0 Å². The SMILES string of the molecule is CC(=NO)c1csc2ccccc12. The van der Waals surface area contributed by atoms with Crippen molar-refractivity contribution in [1.29, 1.82) is 0 Å². The largest absolute Gasteiger partial charge is 0.411 e. The number of hydrogen-bond acceptors (Lipinski definition) is 3. The first-order valence-electron chi connectivity index (χ1n) is 3.98. The smallest absolute Gasteiger partial charge is 0.0851 e. The Labute approximate surface area is 80.1 Å². The highest BCUT2D eigenvalue weighted by Crippen LogP contribution is 2.25. The predicted molar refractivity (Wildman–Crippen MR) is 55.8 cm³/mol. The van der Waals surface area contributed by atoms with E-state index in [9.17, 15) is 0 Å². The quantitative estimate of drug-likeness (QED) is 0.419. The molecule has 0 aliphatic heterocycles. The summed E-state index contributed by atoms with van der Waals surface area (Å²) in [5.41, 5.74) is 1.68. The fraction of sp³-hybridized carbons (Fsp3) is 0.100. The zero-order valence-electron chi connectivity index (χ0n) is 7.19. The van der Waals surface area contributed by atoms with E-state index in [1.54, 1.807) is 18.3 Å². The van der Waals surface area contributed by atoms with Crippen molar-refractivity contribution in [2.24, 2.45) is 5.16 Å². The molecule has 1 heterocycles. The first kappa shape index (κ1) is 8.26. The van der Waals surface area contributed by atoms with Crippen molar-refractivity contribution in [1.82, 2.24) is 0 Å². The van der Waals surface area contributed by atoms with Crippen LogP contribution in [0.4, 0.5) is 0 Å². The van der Waals surface area contributed by atoms with Crippen LogP contribution in [0.5, 0.6) is 0 Å². The van der Waals surface area contributed by atoms with E-state index in [1.165, 1.54) is 4.70 Å². The van der Waals surface area contributed by atoms with Crippen LogP contribution in [0, 0.1) is 0 Å². The van der Waals surface area contributed by atoms with Gasteiger partial charge < -0.3 is 5.21 Å². The van der Waals surface area contributed by atoms with Gasteiger partial charge in [-0.25, -0.2) is 0 Å². The van der Waals surface area contributed by atoms with E-state index in [-0.39, 0.29) is 0 Å². The molecule has 0 saturated heterocycles. The van der Waals surface area contributed by atoms with Crippen molar-refractivity contribution in [3.05, 3.63) is 35.2 Å². The van der Waals surface area contributed by atoms with E-state index >= 15 is 0 Å². The lowest BCUT2D eigenvalue weighted by atomic mass is 10.1. The van der Waals surface area contributed by atoms with Crippen LogP contribution in [0.15, 0.2) is 34.8 Å². The van der Waals surface area contributed by atoms with Crippen LogP contribution in [0.2, 0.25) is 0 Å². The molecular weight excluding hydrogens is 182 g/mol. The first-order chi connectivity index (χ1) is 6.33. The van der Waals surface area contributed by atoms with Crippen LogP contribution in [0.25, 0.3) is 10.1 Å². The predicted octanol–water partition coefficient (Wildman–Crippen LogP) is 3.10. The summed E-state index contributed by atoms with van der Waals surface area (Å²) in [6.07, 6.45) is 0. The summed E-state index contributed by atoms with van der Waals surface area (Å²) in [6.45, 7) is 1.80. The fourth-order valence-electron chi connectivity index (χ4n) is 1.31. The maximum atomic E-state index is 8.66. The fourth-order valence-corrected chi connectivity index (χ4v) is 2.32. The zero-order valence-corrected chi connectivity index (χ0v) is 8.01. The zero-order chi connectivity index (χ0) is 9.26. The Morgan fingerprint density at radius 1 is 1.38 bits per heavy atom. The molecule has 2 aromatic rings. The third kappa shape index (κ3) is 1.31. The van der Waals surface area contributed by atoms with Gasteiger partial charge in [0.15, 0.2) is 0 Å². The molecule has 1 N–H and O–H groups in total. The van der Waals surface area contributed by atoms with Crippen molar-refractivity contribution < 1.29 is 5.21 Å². The molecule has 0 aliphatic carbocycles. The molecular formula is C10H9NOS. The molecule has 2 rings (SSSR count). The minimum Gasteiger partial charge on any atom is -0.411 e. The molecule has 0 atom stereocenters. The Bertz CT molecular complexity index is 459. The Balaban J connectivity index is 2.71. The van der Waals surface area contributed by atoms with E-state index in [0.29, 0.717) is 5.71 Å². The summed E-state index contributed by atoms with van der Waals surface area (Å²) in [4.78, 5) is 0. The minimum atomic E-state index is 0.664. The number of thiophene rings is 1. The monoisotopic (exact) mass is 191 g/mol. The summed E-state index contributed by atoms with van der Waals surface area (Å²) < 4.78 is 1.22. The molecule has 2 nitrogen and oxygen atoms in total. The average molecular weight is 191 g/mol. The molecule has 0 fully saturated rings. The van der Waals surface area contributed by atoms with Crippen LogP contribution in [0.3, 0.4) is 0 Å². The Hall–Kier alpha value is -1.35. The number of fused-ring (bicyclic) bond motifs is 1. The topological polar surface area (TPSA) is 32.6 Å². The maximum Gasteiger partial charge on any atom is 0.0851 e. The number of oxime groups is 1. The van der Waals surface area contributed by atoms with Crippen LogP contribution >= 0.6 is 11.3 Å². The maximum absolute atomic E-state index is 8.66. The molecule has 0 radical (unpaired) electrons. The number of benzene rings is 1. The van der Waals surface area contributed by atoms with Crippen molar-refractivity contribution in [2.75, 3.05) is 0 Å². The molecule has 66 valence electrons. The van der Waals surface area contributed by atoms with E-state index < -0.39 is 0 Å². The van der Waals surface area contributed by atoms with Gasteiger partial charge in [-0.3, -0.25) is 0 Å². The Morgan fingerprint density at radius 3 is 2.92 bits per heavy atom. The van der Waals surface area contributed by atoms with Crippen LogP contribution < -0.4 is 0 Å². The van der Waals surface area contributed by atoms with Crippen LogP contribution in [-0.2, 0) is 0 Å². The summed E-state index contributed by atoms with van der Waals surface area (Å²) in [5.74, 6) is 0. The summed E-state index contributed by atoms with van der Waals surface area (Å²) >= 11 is 1.67. The molecule has 0 bridgehead atoms. The number of nitrogens with zero attached hydrogens (tertiary/aromatic N) is 1. The lowest BCUT2D eigenvalue weighted by Crippen LogP contribution is -1.91. The molecule has 0 aliphatic rings.